The van der Waals surface area contributed by atoms with Crippen LogP contribution in [0.3, 0.4) is 0 Å². The molecule has 1 amide bonds. The van der Waals surface area contributed by atoms with Crippen LogP contribution in [0.15, 0.2) is 29.1 Å². The van der Waals surface area contributed by atoms with Crippen molar-refractivity contribution in [1.82, 2.24) is 20.2 Å². The van der Waals surface area contributed by atoms with E-state index in [0.717, 1.165) is 0 Å². The normalized spacial score (nSPS) is 11.4. The predicted octanol–water partition coefficient (Wildman–Crippen LogP) is 1.01. The van der Waals surface area contributed by atoms with Crippen molar-refractivity contribution >= 4 is 5.91 Å². The standard InChI is InChI=1S/C17H21FN4O3/c1-17(2,19-3)16-21-12(13(23)15(25)22(16)4)14(24)20-9-10-5-7-11(18)8-6-10/h5-8,19,23H,9H2,1-4H3,(H,20,24). The van der Waals surface area contributed by atoms with E-state index in [0.29, 0.717) is 11.4 Å². The number of nitrogens with zero attached hydrogens (tertiary/aromatic N) is 2. The molecule has 1 heterocycles. The monoisotopic (exact) mass is 348 g/mol. The third-order valence-electron chi connectivity index (χ3n) is 4.03. The van der Waals surface area contributed by atoms with Crippen LogP contribution in [0.5, 0.6) is 5.75 Å². The molecule has 0 radical (unpaired) electrons. The first-order chi connectivity index (χ1) is 11.7. The number of benzene rings is 1. The molecule has 0 bridgehead atoms. The Morgan fingerprint density at radius 3 is 2.48 bits per heavy atom. The van der Waals surface area contributed by atoms with E-state index in [1.807, 2.05) is 0 Å². The van der Waals surface area contributed by atoms with Crippen LogP contribution in [0.1, 0.15) is 35.7 Å². The lowest BCUT2D eigenvalue weighted by molar-refractivity contribution is 0.0941. The van der Waals surface area contributed by atoms with Crippen molar-refractivity contribution in [2.24, 2.45) is 7.05 Å². The summed E-state index contributed by atoms with van der Waals surface area (Å²) in [5.41, 5.74) is -1.06. The van der Waals surface area contributed by atoms with Gasteiger partial charge >= 0.3 is 0 Å². The summed E-state index contributed by atoms with van der Waals surface area (Å²) in [5.74, 6) is -1.47. The minimum Gasteiger partial charge on any atom is -0.501 e. The summed E-state index contributed by atoms with van der Waals surface area (Å²) >= 11 is 0. The van der Waals surface area contributed by atoms with Crippen molar-refractivity contribution in [2.75, 3.05) is 7.05 Å². The molecule has 2 rings (SSSR count). The van der Waals surface area contributed by atoms with Gasteiger partial charge in [-0.05, 0) is 38.6 Å². The van der Waals surface area contributed by atoms with Gasteiger partial charge in [0.2, 0.25) is 5.75 Å². The lowest BCUT2D eigenvalue weighted by atomic mass is 10.0. The van der Waals surface area contributed by atoms with Gasteiger partial charge in [-0.1, -0.05) is 12.1 Å². The zero-order chi connectivity index (χ0) is 18.8. The first kappa shape index (κ1) is 18.6. The SMILES string of the molecule is CNC(C)(C)c1nc(C(=O)NCc2ccc(F)cc2)c(O)c(=O)n1C. The van der Waals surface area contributed by atoms with Gasteiger partial charge < -0.3 is 15.7 Å². The van der Waals surface area contributed by atoms with Gasteiger partial charge in [0.15, 0.2) is 5.69 Å². The molecule has 0 unspecified atom stereocenters. The van der Waals surface area contributed by atoms with Crippen LogP contribution in [0.25, 0.3) is 0 Å². The third-order valence-corrected chi connectivity index (χ3v) is 4.03. The molecule has 0 saturated carbocycles. The Morgan fingerprint density at radius 1 is 1.32 bits per heavy atom. The Kier molecular flexibility index (Phi) is 5.22. The zero-order valence-electron chi connectivity index (χ0n) is 14.6. The summed E-state index contributed by atoms with van der Waals surface area (Å²) in [7, 11) is 3.18. The fourth-order valence-electron chi connectivity index (χ4n) is 2.29. The second-order valence-electron chi connectivity index (χ2n) is 6.18. The van der Waals surface area contributed by atoms with Crippen molar-refractivity contribution in [3.8, 4) is 5.75 Å². The number of amides is 1. The average Bonchev–Trinajstić information content (AvgIpc) is 2.59. The van der Waals surface area contributed by atoms with Crippen LogP contribution in [0.2, 0.25) is 0 Å². The Morgan fingerprint density at radius 2 is 1.92 bits per heavy atom. The fourth-order valence-corrected chi connectivity index (χ4v) is 2.29. The van der Waals surface area contributed by atoms with Crippen molar-refractivity contribution in [2.45, 2.75) is 25.9 Å². The van der Waals surface area contributed by atoms with E-state index in [-0.39, 0.29) is 18.1 Å². The maximum Gasteiger partial charge on any atom is 0.296 e. The molecule has 0 fully saturated rings. The third kappa shape index (κ3) is 3.85. The van der Waals surface area contributed by atoms with Gasteiger partial charge in [0.05, 0.1) is 5.54 Å². The highest BCUT2D eigenvalue weighted by atomic mass is 19.1. The van der Waals surface area contributed by atoms with Crippen molar-refractivity contribution in [3.63, 3.8) is 0 Å². The van der Waals surface area contributed by atoms with Gasteiger partial charge in [-0.25, -0.2) is 9.37 Å². The average molecular weight is 348 g/mol. The van der Waals surface area contributed by atoms with Gasteiger partial charge in [0, 0.05) is 13.6 Å². The van der Waals surface area contributed by atoms with Crippen molar-refractivity contribution in [1.29, 1.82) is 0 Å². The van der Waals surface area contributed by atoms with E-state index in [1.54, 1.807) is 20.9 Å². The lowest BCUT2D eigenvalue weighted by Crippen LogP contribution is -2.41. The number of halogens is 1. The summed E-state index contributed by atoms with van der Waals surface area (Å²) in [4.78, 5) is 28.8. The molecular formula is C17H21FN4O3. The van der Waals surface area contributed by atoms with Crippen molar-refractivity contribution < 1.29 is 14.3 Å². The Labute approximate surface area is 144 Å². The van der Waals surface area contributed by atoms with Crippen LogP contribution >= 0.6 is 0 Å². The fraction of sp³-hybridized carbons (Fsp3) is 0.353. The molecule has 0 atom stereocenters. The van der Waals surface area contributed by atoms with Gasteiger partial charge in [-0.3, -0.25) is 14.2 Å². The van der Waals surface area contributed by atoms with E-state index >= 15 is 0 Å². The van der Waals surface area contributed by atoms with Crippen molar-refractivity contribution in [3.05, 3.63) is 57.5 Å². The summed E-state index contributed by atoms with van der Waals surface area (Å²) < 4.78 is 14.1. The maximum atomic E-state index is 12.9. The summed E-state index contributed by atoms with van der Waals surface area (Å²) in [5, 5.41) is 15.6. The molecule has 134 valence electrons. The minimum absolute atomic E-state index is 0.111. The predicted molar refractivity (Wildman–Crippen MR) is 90.8 cm³/mol. The molecule has 1 aromatic carbocycles. The molecule has 0 spiro atoms. The van der Waals surface area contributed by atoms with Crippen LogP contribution in [0, 0.1) is 5.82 Å². The smallest absolute Gasteiger partial charge is 0.296 e. The van der Waals surface area contributed by atoms with Gasteiger partial charge in [0.25, 0.3) is 11.5 Å². The molecule has 1 aromatic heterocycles. The van der Waals surface area contributed by atoms with Crippen LogP contribution in [-0.4, -0.2) is 27.6 Å². The lowest BCUT2D eigenvalue weighted by Gasteiger charge is -2.26. The highest BCUT2D eigenvalue weighted by molar-refractivity contribution is 5.94. The molecule has 8 heteroatoms. The molecule has 2 aromatic rings. The van der Waals surface area contributed by atoms with Crippen LogP contribution in [-0.2, 0) is 19.1 Å². The van der Waals surface area contributed by atoms with Gasteiger partial charge in [0.1, 0.15) is 11.6 Å². The Hall–Kier alpha value is -2.74. The molecular weight excluding hydrogens is 327 g/mol. The number of rotatable bonds is 5. The zero-order valence-corrected chi connectivity index (χ0v) is 14.6. The first-order valence-corrected chi connectivity index (χ1v) is 7.69. The van der Waals surface area contributed by atoms with E-state index in [2.05, 4.69) is 15.6 Å². The van der Waals surface area contributed by atoms with Crippen LogP contribution in [0.4, 0.5) is 4.39 Å². The number of aromatic nitrogens is 2. The molecule has 0 aliphatic rings. The highest BCUT2D eigenvalue weighted by Gasteiger charge is 2.28. The van der Waals surface area contributed by atoms with E-state index in [9.17, 15) is 19.1 Å². The largest absolute Gasteiger partial charge is 0.501 e. The van der Waals surface area contributed by atoms with Crippen LogP contribution < -0.4 is 16.2 Å². The second-order valence-corrected chi connectivity index (χ2v) is 6.18. The molecule has 7 nitrogen and oxygen atoms in total. The molecule has 25 heavy (non-hydrogen) atoms. The molecule has 0 aliphatic carbocycles. The number of hydrogen-bond acceptors (Lipinski definition) is 5. The maximum absolute atomic E-state index is 12.9. The summed E-state index contributed by atoms with van der Waals surface area (Å²) in [6.45, 7) is 3.71. The van der Waals surface area contributed by atoms with Gasteiger partial charge in [-0.2, -0.15) is 0 Å². The van der Waals surface area contributed by atoms with E-state index < -0.39 is 22.8 Å². The summed E-state index contributed by atoms with van der Waals surface area (Å²) in [6, 6.07) is 5.62. The number of carbonyl (C=O) groups is 1. The quantitative estimate of drug-likeness (QED) is 0.749. The Bertz CT molecular complexity index is 844. The van der Waals surface area contributed by atoms with E-state index in [1.165, 1.54) is 35.9 Å². The van der Waals surface area contributed by atoms with Gasteiger partial charge in [-0.15, -0.1) is 0 Å². The van der Waals surface area contributed by atoms with E-state index in [4.69, 9.17) is 0 Å². The number of nitrogens with one attached hydrogen (secondary N) is 2. The molecule has 0 saturated heterocycles. The minimum atomic E-state index is -0.713. The first-order valence-electron chi connectivity index (χ1n) is 7.69. The molecule has 0 aliphatic heterocycles. The number of hydrogen-bond donors (Lipinski definition) is 3. The summed E-state index contributed by atoms with van der Waals surface area (Å²) in [6.07, 6.45) is 0. The Balaban J connectivity index is 2.33. The second kappa shape index (κ2) is 7.02. The topological polar surface area (TPSA) is 96.2 Å². The number of aromatic hydroxyl groups is 1. The highest BCUT2D eigenvalue weighted by Crippen LogP contribution is 2.19. The number of carbonyl (C=O) groups excluding carboxylic acids is 1. The molecule has 3 N–H and O–H groups in total.